The molecule has 1 heterocycles. The van der Waals surface area contributed by atoms with Crippen molar-refractivity contribution in [1.82, 2.24) is 10.2 Å². The second kappa shape index (κ2) is 8.42. The van der Waals surface area contributed by atoms with Crippen LogP contribution >= 0.6 is 0 Å². The molecule has 2 unspecified atom stereocenters. The quantitative estimate of drug-likeness (QED) is 0.585. The Morgan fingerprint density at radius 2 is 2.17 bits per heavy atom. The first-order chi connectivity index (χ1) is 8.63. The van der Waals surface area contributed by atoms with Crippen molar-refractivity contribution in [3.05, 3.63) is 0 Å². The number of aliphatic hydroxyl groups excluding tert-OH is 1. The number of hydrogen-bond donors (Lipinski definition) is 2. The van der Waals surface area contributed by atoms with Gasteiger partial charge in [0.05, 0.1) is 25.9 Å². The molecule has 1 aliphatic rings. The lowest BCUT2D eigenvalue weighted by molar-refractivity contribution is -0.145. The molecule has 1 fully saturated rings. The summed E-state index contributed by atoms with van der Waals surface area (Å²) in [5.41, 5.74) is 0. The smallest absolute Gasteiger partial charge is 0.322 e. The number of carbonyl (C=O) groups is 1. The van der Waals surface area contributed by atoms with Gasteiger partial charge >= 0.3 is 5.97 Å². The minimum absolute atomic E-state index is 0.281. The van der Waals surface area contributed by atoms with Crippen LogP contribution in [0.4, 0.5) is 0 Å². The minimum Gasteiger partial charge on any atom is -0.465 e. The third-order valence-corrected chi connectivity index (χ3v) is 2.87. The Morgan fingerprint density at radius 3 is 2.78 bits per heavy atom. The maximum Gasteiger partial charge on any atom is 0.322 e. The second-order valence-electron chi connectivity index (χ2n) is 4.45. The lowest BCUT2D eigenvalue weighted by atomic mass is 10.2. The standard InChI is InChI=1S/C12H24N2O4/c1-3-18-12(16)10(2)13-8-11(15)9-14-4-6-17-7-5-14/h10-11,13,15H,3-9H2,1-2H3. The Labute approximate surface area is 108 Å². The zero-order valence-corrected chi connectivity index (χ0v) is 11.2. The van der Waals surface area contributed by atoms with E-state index in [1.165, 1.54) is 0 Å². The van der Waals surface area contributed by atoms with Gasteiger partial charge < -0.3 is 19.9 Å². The van der Waals surface area contributed by atoms with Gasteiger partial charge in [-0.2, -0.15) is 0 Å². The van der Waals surface area contributed by atoms with Gasteiger partial charge in [-0.05, 0) is 13.8 Å². The van der Waals surface area contributed by atoms with E-state index in [-0.39, 0.29) is 12.0 Å². The maximum absolute atomic E-state index is 11.4. The third kappa shape index (κ3) is 5.77. The zero-order chi connectivity index (χ0) is 13.4. The number of carbonyl (C=O) groups excluding carboxylic acids is 1. The van der Waals surface area contributed by atoms with Gasteiger partial charge in [-0.25, -0.2) is 0 Å². The van der Waals surface area contributed by atoms with Crippen molar-refractivity contribution >= 4 is 5.97 Å². The highest BCUT2D eigenvalue weighted by Gasteiger charge is 2.17. The summed E-state index contributed by atoms with van der Waals surface area (Å²) in [6.07, 6.45) is -0.486. The van der Waals surface area contributed by atoms with Crippen LogP contribution in [0.1, 0.15) is 13.8 Å². The first-order valence-corrected chi connectivity index (χ1v) is 6.51. The first-order valence-electron chi connectivity index (χ1n) is 6.51. The molecular formula is C12H24N2O4. The molecule has 106 valence electrons. The minimum atomic E-state index is -0.486. The van der Waals surface area contributed by atoms with Crippen LogP contribution in [0, 0.1) is 0 Å². The van der Waals surface area contributed by atoms with Gasteiger partial charge in [0.25, 0.3) is 0 Å². The molecule has 0 aliphatic carbocycles. The Hall–Kier alpha value is -0.690. The molecule has 1 saturated heterocycles. The molecule has 6 heteroatoms. The van der Waals surface area contributed by atoms with Crippen molar-refractivity contribution in [2.75, 3.05) is 46.0 Å². The number of rotatable bonds is 7. The van der Waals surface area contributed by atoms with Crippen LogP contribution < -0.4 is 5.32 Å². The number of ether oxygens (including phenoxy) is 2. The number of β-amino-alcohol motifs (C(OH)–C–C–N with tert-alkyl or cyclic N) is 1. The van der Waals surface area contributed by atoms with E-state index in [2.05, 4.69) is 10.2 Å². The van der Waals surface area contributed by atoms with Crippen molar-refractivity contribution in [3.8, 4) is 0 Å². The molecular weight excluding hydrogens is 236 g/mol. The summed E-state index contributed by atoms with van der Waals surface area (Å²) < 4.78 is 10.1. The van der Waals surface area contributed by atoms with Gasteiger partial charge in [0, 0.05) is 26.2 Å². The Morgan fingerprint density at radius 1 is 1.50 bits per heavy atom. The highest BCUT2D eigenvalue weighted by atomic mass is 16.5. The predicted octanol–water partition coefficient (Wildman–Crippen LogP) is -0.779. The fourth-order valence-electron chi connectivity index (χ4n) is 1.81. The second-order valence-corrected chi connectivity index (χ2v) is 4.45. The van der Waals surface area contributed by atoms with E-state index in [0.717, 1.165) is 26.3 Å². The molecule has 0 saturated carbocycles. The van der Waals surface area contributed by atoms with Crippen LogP contribution in [-0.4, -0.2) is 74.1 Å². The Kier molecular flexibility index (Phi) is 7.19. The summed E-state index contributed by atoms with van der Waals surface area (Å²) in [6, 6.07) is -0.385. The molecule has 2 atom stereocenters. The van der Waals surface area contributed by atoms with Gasteiger partial charge in [-0.1, -0.05) is 0 Å². The lowest BCUT2D eigenvalue weighted by Gasteiger charge is -2.28. The number of aliphatic hydroxyl groups is 1. The zero-order valence-electron chi connectivity index (χ0n) is 11.2. The van der Waals surface area contributed by atoms with Crippen molar-refractivity contribution in [1.29, 1.82) is 0 Å². The number of hydrogen-bond acceptors (Lipinski definition) is 6. The van der Waals surface area contributed by atoms with E-state index in [4.69, 9.17) is 9.47 Å². The van der Waals surface area contributed by atoms with Crippen LogP contribution in [0.3, 0.4) is 0 Å². The van der Waals surface area contributed by atoms with E-state index in [9.17, 15) is 9.90 Å². The normalized spacial score (nSPS) is 20.4. The maximum atomic E-state index is 11.4. The molecule has 6 nitrogen and oxygen atoms in total. The van der Waals surface area contributed by atoms with Gasteiger partial charge in [-0.3, -0.25) is 9.69 Å². The van der Waals surface area contributed by atoms with Crippen molar-refractivity contribution in [2.45, 2.75) is 26.0 Å². The van der Waals surface area contributed by atoms with E-state index < -0.39 is 6.10 Å². The average molecular weight is 260 g/mol. The summed E-state index contributed by atoms with van der Waals surface area (Å²) >= 11 is 0. The highest BCUT2D eigenvalue weighted by Crippen LogP contribution is 1.98. The Balaban J connectivity index is 2.15. The number of nitrogens with zero attached hydrogens (tertiary/aromatic N) is 1. The molecule has 0 amide bonds. The molecule has 0 spiro atoms. The molecule has 1 rings (SSSR count). The average Bonchev–Trinajstić information content (AvgIpc) is 2.37. The fraction of sp³-hybridized carbons (Fsp3) is 0.917. The SMILES string of the molecule is CCOC(=O)C(C)NCC(O)CN1CCOCC1. The molecule has 18 heavy (non-hydrogen) atoms. The molecule has 0 radical (unpaired) electrons. The summed E-state index contributed by atoms with van der Waals surface area (Å²) in [5.74, 6) is -0.281. The lowest BCUT2D eigenvalue weighted by Crippen LogP contribution is -2.46. The van der Waals surface area contributed by atoms with Gasteiger partial charge in [-0.15, -0.1) is 0 Å². The van der Waals surface area contributed by atoms with Crippen LogP contribution in [-0.2, 0) is 14.3 Å². The van der Waals surface area contributed by atoms with E-state index in [1.54, 1.807) is 13.8 Å². The fourth-order valence-corrected chi connectivity index (χ4v) is 1.81. The van der Waals surface area contributed by atoms with Crippen LogP contribution in [0.25, 0.3) is 0 Å². The number of morpholine rings is 1. The molecule has 0 aromatic carbocycles. The molecule has 0 aromatic rings. The van der Waals surface area contributed by atoms with Gasteiger partial charge in [0.1, 0.15) is 6.04 Å². The third-order valence-electron chi connectivity index (χ3n) is 2.87. The number of esters is 1. The van der Waals surface area contributed by atoms with Crippen LogP contribution in [0.5, 0.6) is 0 Å². The van der Waals surface area contributed by atoms with Crippen molar-refractivity contribution in [2.24, 2.45) is 0 Å². The summed E-state index contributed by atoms with van der Waals surface area (Å²) in [7, 11) is 0. The van der Waals surface area contributed by atoms with Crippen LogP contribution in [0.15, 0.2) is 0 Å². The first kappa shape index (κ1) is 15.4. The van der Waals surface area contributed by atoms with E-state index in [1.807, 2.05) is 0 Å². The topological polar surface area (TPSA) is 71.0 Å². The predicted molar refractivity (Wildman–Crippen MR) is 67.4 cm³/mol. The summed E-state index contributed by atoms with van der Waals surface area (Å²) in [4.78, 5) is 13.5. The molecule has 2 N–H and O–H groups in total. The van der Waals surface area contributed by atoms with Gasteiger partial charge in [0.2, 0.25) is 0 Å². The Bertz CT molecular complexity index is 244. The summed E-state index contributed by atoms with van der Waals surface area (Å²) in [6.45, 7) is 8.02. The van der Waals surface area contributed by atoms with Crippen LogP contribution in [0.2, 0.25) is 0 Å². The summed E-state index contributed by atoms with van der Waals surface area (Å²) in [5, 5.41) is 12.8. The van der Waals surface area contributed by atoms with Gasteiger partial charge in [0.15, 0.2) is 0 Å². The van der Waals surface area contributed by atoms with E-state index in [0.29, 0.717) is 19.7 Å². The van der Waals surface area contributed by atoms with Crippen molar-refractivity contribution < 1.29 is 19.4 Å². The largest absolute Gasteiger partial charge is 0.465 e. The number of nitrogens with one attached hydrogen (secondary N) is 1. The molecule has 1 aliphatic heterocycles. The monoisotopic (exact) mass is 260 g/mol. The molecule has 0 aromatic heterocycles. The van der Waals surface area contributed by atoms with Crippen molar-refractivity contribution in [3.63, 3.8) is 0 Å². The molecule has 0 bridgehead atoms. The highest BCUT2D eigenvalue weighted by molar-refractivity contribution is 5.75. The van der Waals surface area contributed by atoms with E-state index >= 15 is 0 Å².